The molecule has 0 aliphatic carbocycles. The van der Waals surface area contributed by atoms with Gasteiger partial charge < -0.3 is 30.3 Å². The molecule has 1 aliphatic heterocycles. The SMILES string of the molecule is CCCCCCCCCCCCCCCC[C@@]1(O)O[C@H](CO)[C@@H](O)[C@H](O)[C@H]1O. The van der Waals surface area contributed by atoms with Crippen molar-refractivity contribution in [3.8, 4) is 0 Å². The van der Waals surface area contributed by atoms with Crippen LogP contribution in [0.2, 0.25) is 0 Å². The zero-order valence-electron chi connectivity index (χ0n) is 17.8. The number of unbranched alkanes of at least 4 members (excludes halogenated alkanes) is 13. The fourth-order valence-electron chi connectivity index (χ4n) is 4.00. The van der Waals surface area contributed by atoms with E-state index in [0.29, 0.717) is 6.42 Å². The average molecular weight is 405 g/mol. The molecule has 5 atom stereocenters. The quantitative estimate of drug-likeness (QED) is 0.253. The second-order valence-corrected chi connectivity index (χ2v) is 8.46. The molecule has 0 amide bonds. The summed E-state index contributed by atoms with van der Waals surface area (Å²) in [6.45, 7) is 1.73. The highest BCUT2D eigenvalue weighted by Gasteiger charge is 2.51. The maximum atomic E-state index is 10.5. The summed E-state index contributed by atoms with van der Waals surface area (Å²) in [5.41, 5.74) is 0. The molecule has 1 rings (SSSR count). The molecule has 5 N–H and O–H groups in total. The highest BCUT2D eigenvalue weighted by Crippen LogP contribution is 2.32. The molecule has 0 aromatic rings. The number of aliphatic hydroxyl groups excluding tert-OH is 4. The van der Waals surface area contributed by atoms with Crippen LogP contribution in [0.15, 0.2) is 0 Å². The Labute approximate surface area is 170 Å². The zero-order chi connectivity index (χ0) is 20.8. The van der Waals surface area contributed by atoms with Gasteiger partial charge in [0, 0.05) is 6.42 Å². The predicted octanol–water partition coefficient (Wildman–Crippen LogP) is 3.02. The molecule has 1 fully saturated rings. The van der Waals surface area contributed by atoms with Gasteiger partial charge in [-0.05, 0) is 6.42 Å². The Kier molecular flexibility index (Phi) is 13.5. The van der Waals surface area contributed by atoms with Gasteiger partial charge in [0.2, 0.25) is 0 Å². The first kappa shape index (κ1) is 25.8. The number of hydrogen-bond acceptors (Lipinski definition) is 6. The number of aliphatic hydroxyl groups is 5. The van der Waals surface area contributed by atoms with Gasteiger partial charge in [0.25, 0.3) is 0 Å². The van der Waals surface area contributed by atoms with Crippen molar-refractivity contribution in [2.24, 2.45) is 0 Å². The molecule has 0 aromatic heterocycles. The monoisotopic (exact) mass is 404 g/mol. The summed E-state index contributed by atoms with van der Waals surface area (Å²) >= 11 is 0. The van der Waals surface area contributed by atoms with Gasteiger partial charge in [-0.15, -0.1) is 0 Å². The third-order valence-corrected chi connectivity index (χ3v) is 5.94. The molecule has 0 saturated carbocycles. The van der Waals surface area contributed by atoms with Crippen LogP contribution in [0.4, 0.5) is 0 Å². The van der Waals surface area contributed by atoms with Crippen LogP contribution in [0, 0.1) is 0 Å². The van der Waals surface area contributed by atoms with Crippen molar-refractivity contribution in [3.05, 3.63) is 0 Å². The molecule has 0 aromatic carbocycles. The third kappa shape index (κ3) is 9.06. The Hall–Kier alpha value is -0.240. The smallest absolute Gasteiger partial charge is 0.195 e. The van der Waals surface area contributed by atoms with E-state index < -0.39 is 36.8 Å². The fourth-order valence-corrected chi connectivity index (χ4v) is 4.00. The lowest BCUT2D eigenvalue weighted by molar-refractivity contribution is -0.351. The maximum Gasteiger partial charge on any atom is 0.195 e. The third-order valence-electron chi connectivity index (χ3n) is 5.94. The molecule has 0 unspecified atom stereocenters. The van der Waals surface area contributed by atoms with Crippen LogP contribution in [0.25, 0.3) is 0 Å². The van der Waals surface area contributed by atoms with E-state index in [1.807, 2.05) is 0 Å². The van der Waals surface area contributed by atoms with Gasteiger partial charge in [-0.3, -0.25) is 0 Å². The number of ether oxygens (including phenoxy) is 1. The Morgan fingerprint density at radius 2 is 1.11 bits per heavy atom. The van der Waals surface area contributed by atoms with Crippen LogP contribution in [0.5, 0.6) is 0 Å². The van der Waals surface area contributed by atoms with E-state index in [2.05, 4.69) is 6.92 Å². The van der Waals surface area contributed by atoms with Crippen LogP contribution < -0.4 is 0 Å². The highest BCUT2D eigenvalue weighted by atomic mass is 16.7. The van der Waals surface area contributed by atoms with E-state index in [-0.39, 0.29) is 6.42 Å². The van der Waals surface area contributed by atoms with E-state index in [4.69, 9.17) is 4.74 Å². The summed E-state index contributed by atoms with van der Waals surface area (Å²) in [4.78, 5) is 0. The van der Waals surface area contributed by atoms with Crippen molar-refractivity contribution in [1.82, 2.24) is 0 Å². The van der Waals surface area contributed by atoms with Crippen LogP contribution in [-0.4, -0.2) is 62.3 Å². The minimum Gasteiger partial charge on any atom is -0.394 e. The molecule has 1 aliphatic rings. The van der Waals surface area contributed by atoms with E-state index in [9.17, 15) is 25.5 Å². The summed E-state index contributed by atoms with van der Waals surface area (Å²) in [5, 5.41) is 49.3. The van der Waals surface area contributed by atoms with E-state index in [1.165, 1.54) is 70.6 Å². The van der Waals surface area contributed by atoms with Crippen LogP contribution in [0.3, 0.4) is 0 Å². The topological polar surface area (TPSA) is 110 Å². The molecule has 1 heterocycles. The number of rotatable bonds is 16. The molecule has 0 bridgehead atoms. The van der Waals surface area contributed by atoms with Gasteiger partial charge in [-0.1, -0.05) is 90.4 Å². The zero-order valence-corrected chi connectivity index (χ0v) is 17.8. The minimum atomic E-state index is -1.91. The molecule has 0 radical (unpaired) electrons. The summed E-state index contributed by atoms with van der Waals surface area (Å²) < 4.78 is 5.28. The first-order valence-electron chi connectivity index (χ1n) is 11.5. The van der Waals surface area contributed by atoms with Crippen molar-refractivity contribution in [2.45, 2.75) is 133 Å². The molecule has 6 nitrogen and oxygen atoms in total. The Morgan fingerprint density at radius 1 is 0.679 bits per heavy atom. The largest absolute Gasteiger partial charge is 0.394 e. The lowest BCUT2D eigenvalue weighted by Gasteiger charge is -2.45. The van der Waals surface area contributed by atoms with Gasteiger partial charge in [0.15, 0.2) is 5.79 Å². The van der Waals surface area contributed by atoms with Crippen LogP contribution >= 0.6 is 0 Å². The maximum absolute atomic E-state index is 10.5. The first-order valence-corrected chi connectivity index (χ1v) is 11.5. The Bertz CT molecular complexity index is 378. The van der Waals surface area contributed by atoms with Crippen molar-refractivity contribution >= 4 is 0 Å². The lowest BCUT2D eigenvalue weighted by Crippen LogP contribution is -2.65. The molecule has 0 spiro atoms. The van der Waals surface area contributed by atoms with Crippen molar-refractivity contribution in [3.63, 3.8) is 0 Å². The predicted molar refractivity (Wildman–Crippen MR) is 110 cm³/mol. The van der Waals surface area contributed by atoms with Gasteiger partial charge in [-0.25, -0.2) is 0 Å². The normalized spacial score (nSPS) is 30.6. The van der Waals surface area contributed by atoms with Gasteiger partial charge in [-0.2, -0.15) is 0 Å². The second kappa shape index (κ2) is 14.7. The molecule has 28 heavy (non-hydrogen) atoms. The Morgan fingerprint density at radius 3 is 1.54 bits per heavy atom. The van der Waals surface area contributed by atoms with Gasteiger partial charge in [0.05, 0.1) is 6.61 Å². The van der Waals surface area contributed by atoms with E-state index >= 15 is 0 Å². The summed E-state index contributed by atoms with van der Waals surface area (Å²) in [5.74, 6) is -1.91. The highest BCUT2D eigenvalue weighted by molar-refractivity contribution is 4.95. The van der Waals surface area contributed by atoms with Crippen molar-refractivity contribution < 1.29 is 30.3 Å². The number of hydrogen-bond donors (Lipinski definition) is 5. The van der Waals surface area contributed by atoms with Crippen molar-refractivity contribution in [1.29, 1.82) is 0 Å². The first-order chi connectivity index (χ1) is 13.5. The minimum absolute atomic E-state index is 0.173. The summed E-state index contributed by atoms with van der Waals surface area (Å²) in [7, 11) is 0. The molecular formula is C22H44O6. The van der Waals surface area contributed by atoms with Gasteiger partial charge in [0.1, 0.15) is 24.4 Å². The summed E-state index contributed by atoms with van der Waals surface area (Å²) in [6.07, 6.45) is 11.7. The molecule has 6 heteroatoms. The summed E-state index contributed by atoms with van der Waals surface area (Å²) in [6, 6.07) is 0. The van der Waals surface area contributed by atoms with Gasteiger partial charge >= 0.3 is 0 Å². The van der Waals surface area contributed by atoms with E-state index in [0.717, 1.165) is 12.8 Å². The standard InChI is InChI=1S/C22H44O6/c1-2-3-4-5-6-7-8-9-10-11-12-13-14-15-16-22(27)21(26)20(25)19(24)18(17-23)28-22/h18-21,23-27H,2-17H2,1H3/t18-,19-,20+,21-,22-/m1/s1. The van der Waals surface area contributed by atoms with Crippen LogP contribution in [-0.2, 0) is 4.74 Å². The fraction of sp³-hybridized carbons (Fsp3) is 1.00. The average Bonchev–Trinajstić information content (AvgIpc) is 2.69. The van der Waals surface area contributed by atoms with E-state index in [1.54, 1.807) is 0 Å². The molecule has 168 valence electrons. The second-order valence-electron chi connectivity index (χ2n) is 8.46. The Balaban J connectivity index is 2.02. The van der Waals surface area contributed by atoms with Crippen molar-refractivity contribution in [2.75, 3.05) is 6.61 Å². The van der Waals surface area contributed by atoms with Crippen LogP contribution in [0.1, 0.15) is 103 Å². The molecular weight excluding hydrogens is 360 g/mol. The molecule has 1 saturated heterocycles. The lowest BCUT2D eigenvalue weighted by atomic mass is 9.89.